The highest BCUT2D eigenvalue weighted by Gasteiger charge is 2.26. The summed E-state index contributed by atoms with van der Waals surface area (Å²) in [6.07, 6.45) is 2.05. The summed E-state index contributed by atoms with van der Waals surface area (Å²) < 4.78 is 5.44. The maximum absolute atomic E-state index is 13.1. The van der Waals surface area contributed by atoms with E-state index in [4.69, 9.17) is 4.74 Å². The van der Waals surface area contributed by atoms with E-state index in [0.29, 0.717) is 10.4 Å². The molecule has 6 nitrogen and oxygen atoms in total. The predicted molar refractivity (Wildman–Crippen MR) is 137 cm³/mol. The molecule has 2 heterocycles. The van der Waals surface area contributed by atoms with Crippen molar-refractivity contribution >= 4 is 50.7 Å². The van der Waals surface area contributed by atoms with Crippen LogP contribution in [0.1, 0.15) is 25.6 Å². The van der Waals surface area contributed by atoms with Crippen molar-refractivity contribution in [3.63, 3.8) is 0 Å². The Morgan fingerprint density at radius 3 is 2.49 bits per heavy atom. The largest absolute Gasteiger partial charge is 0.456 e. The standard InChI is InChI=1S/C28H22N2O4S/c31-25(22-11-5-8-18-7-1-2-9-20(18)22)17-34-28(33)24(30-27(32)26-13-6-14-35-26)15-19-16-29-23-12-4-3-10-21(19)23/h1-14,16,24,29H,15,17H2,(H,30,32)/t24-/m1/s1. The Labute approximate surface area is 205 Å². The number of hydrogen-bond donors (Lipinski definition) is 2. The molecule has 5 aromatic rings. The number of aromatic amines is 1. The SMILES string of the molecule is O=C(N[C@H](Cc1c[nH]c2ccccc12)C(=O)OCC(=O)c1cccc2ccccc12)c1cccs1. The fourth-order valence-electron chi connectivity index (χ4n) is 4.13. The summed E-state index contributed by atoms with van der Waals surface area (Å²) in [5, 5.41) is 7.28. The van der Waals surface area contributed by atoms with E-state index in [0.717, 1.165) is 27.2 Å². The van der Waals surface area contributed by atoms with E-state index in [1.54, 1.807) is 29.6 Å². The van der Waals surface area contributed by atoms with Crippen LogP contribution in [0.2, 0.25) is 0 Å². The molecule has 1 amide bonds. The van der Waals surface area contributed by atoms with Gasteiger partial charge in [0.15, 0.2) is 6.61 Å². The number of amides is 1. The molecule has 174 valence electrons. The molecule has 0 saturated carbocycles. The van der Waals surface area contributed by atoms with Crippen LogP contribution in [0.3, 0.4) is 0 Å². The number of esters is 1. The van der Waals surface area contributed by atoms with E-state index in [9.17, 15) is 14.4 Å². The number of fused-ring (bicyclic) bond motifs is 2. The molecule has 0 fully saturated rings. The van der Waals surface area contributed by atoms with Gasteiger partial charge in [0, 0.05) is 29.1 Å². The predicted octanol–water partition coefficient (Wildman–Crippen LogP) is 5.15. The first-order chi connectivity index (χ1) is 17.1. The van der Waals surface area contributed by atoms with Crippen molar-refractivity contribution in [2.75, 3.05) is 6.61 Å². The minimum atomic E-state index is -0.955. The number of aromatic nitrogens is 1. The highest BCUT2D eigenvalue weighted by atomic mass is 32.1. The highest BCUT2D eigenvalue weighted by molar-refractivity contribution is 7.12. The molecule has 0 unspecified atom stereocenters. The van der Waals surface area contributed by atoms with Crippen molar-refractivity contribution in [1.29, 1.82) is 0 Å². The van der Waals surface area contributed by atoms with Gasteiger partial charge in [0.2, 0.25) is 5.78 Å². The van der Waals surface area contributed by atoms with Crippen molar-refractivity contribution in [1.82, 2.24) is 10.3 Å². The Kier molecular flexibility index (Phi) is 6.41. The Morgan fingerprint density at radius 2 is 1.66 bits per heavy atom. The zero-order valence-corrected chi connectivity index (χ0v) is 19.5. The molecule has 0 bridgehead atoms. The van der Waals surface area contributed by atoms with Crippen molar-refractivity contribution in [3.05, 3.63) is 106 Å². The van der Waals surface area contributed by atoms with Gasteiger partial charge in [-0.05, 0) is 33.8 Å². The summed E-state index contributed by atoms with van der Waals surface area (Å²) in [5.74, 6) is -1.32. The van der Waals surface area contributed by atoms with Gasteiger partial charge in [-0.25, -0.2) is 4.79 Å². The summed E-state index contributed by atoms with van der Waals surface area (Å²) in [6, 6.07) is 23.3. The second-order valence-corrected chi connectivity index (χ2v) is 9.07. The first-order valence-corrected chi connectivity index (χ1v) is 12.0. The lowest BCUT2D eigenvalue weighted by Crippen LogP contribution is -2.43. The van der Waals surface area contributed by atoms with Gasteiger partial charge in [-0.1, -0.05) is 66.7 Å². The topological polar surface area (TPSA) is 88.3 Å². The number of ether oxygens (including phenoxy) is 1. The molecule has 7 heteroatoms. The number of ketones is 1. The van der Waals surface area contributed by atoms with Gasteiger partial charge in [0.1, 0.15) is 6.04 Å². The number of H-pyrrole nitrogens is 1. The van der Waals surface area contributed by atoms with Crippen LogP contribution < -0.4 is 5.32 Å². The second kappa shape index (κ2) is 9.95. The summed E-state index contributed by atoms with van der Waals surface area (Å²) in [7, 11) is 0. The van der Waals surface area contributed by atoms with E-state index in [1.807, 2.05) is 60.8 Å². The van der Waals surface area contributed by atoms with Gasteiger partial charge in [0.05, 0.1) is 4.88 Å². The van der Waals surface area contributed by atoms with E-state index in [2.05, 4.69) is 10.3 Å². The normalized spacial score (nSPS) is 11.9. The molecule has 0 spiro atoms. The molecule has 35 heavy (non-hydrogen) atoms. The Morgan fingerprint density at radius 1 is 0.886 bits per heavy atom. The summed E-state index contributed by atoms with van der Waals surface area (Å²) in [6.45, 7) is -0.411. The maximum atomic E-state index is 13.1. The van der Waals surface area contributed by atoms with Gasteiger partial charge in [-0.15, -0.1) is 11.3 Å². The minimum absolute atomic E-state index is 0.225. The zero-order valence-electron chi connectivity index (χ0n) is 18.7. The third-order valence-electron chi connectivity index (χ3n) is 5.87. The average Bonchev–Trinajstić information content (AvgIpc) is 3.57. The van der Waals surface area contributed by atoms with Crippen LogP contribution in [0, 0.1) is 0 Å². The van der Waals surface area contributed by atoms with Crippen LogP contribution >= 0.6 is 11.3 Å². The van der Waals surface area contributed by atoms with Crippen molar-refractivity contribution in [2.45, 2.75) is 12.5 Å². The fourth-order valence-corrected chi connectivity index (χ4v) is 4.76. The molecular formula is C28H22N2O4S. The number of rotatable bonds is 8. The number of carbonyl (C=O) groups excluding carboxylic acids is 3. The Hall–Kier alpha value is -4.23. The maximum Gasteiger partial charge on any atom is 0.329 e. The summed E-state index contributed by atoms with van der Waals surface area (Å²) in [5.41, 5.74) is 2.30. The number of nitrogens with one attached hydrogen (secondary N) is 2. The first-order valence-electron chi connectivity index (χ1n) is 11.2. The molecule has 0 aliphatic heterocycles. The van der Waals surface area contributed by atoms with Crippen LogP contribution in [-0.4, -0.2) is 35.3 Å². The third kappa shape index (κ3) is 4.85. The molecule has 5 rings (SSSR count). The third-order valence-corrected chi connectivity index (χ3v) is 6.74. The van der Waals surface area contributed by atoms with E-state index < -0.39 is 18.6 Å². The number of thiophene rings is 1. The summed E-state index contributed by atoms with van der Waals surface area (Å²) in [4.78, 5) is 42.4. The zero-order chi connectivity index (χ0) is 24.2. The highest BCUT2D eigenvalue weighted by Crippen LogP contribution is 2.21. The molecular weight excluding hydrogens is 460 g/mol. The van der Waals surface area contributed by atoms with Gasteiger partial charge >= 0.3 is 5.97 Å². The minimum Gasteiger partial charge on any atom is -0.456 e. The molecule has 2 aromatic heterocycles. The molecule has 2 N–H and O–H groups in total. The fraction of sp³-hybridized carbons (Fsp3) is 0.107. The Bertz CT molecular complexity index is 1520. The number of Topliss-reactive ketones (excluding diaryl/α,β-unsaturated/α-hetero) is 1. The van der Waals surface area contributed by atoms with Gasteiger partial charge in [-0.3, -0.25) is 9.59 Å². The lowest BCUT2D eigenvalue weighted by atomic mass is 10.0. The molecule has 1 atom stereocenters. The first kappa shape index (κ1) is 22.6. The van der Waals surface area contributed by atoms with Crippen LogP contribution in [0.25, 0.3) is 21.7 Å². The quantitative estimate of drug-likeness (QED) is 0.237. The number of hydrogen-bond acceptors (Lipinski definition) is 5. The number of para-hydroxylation sites is 1. The van der Waals surface area contributed by atoms with E-state index >= 15 is 0 Å². The van der Waals surface area contributed by atoms with Crippen LogP contribution in [-0.2, 0) is 16.0 Å². The molecule has 0 aliphatic carbocycles. The molecule has 0 saturated heterocycles. The lowest BCUT2D eigenvalue weighted by Gasteiger charge is -2.17. The Balaban J connectivity index is 1.34. The van der Waals surface area contributed by atoms with E-state index in [-0.39, 0.29) is 18.1 Å². The number of carbonyl (C=O) groups is 3. The molecule has 0 radical (unpaired) electrons. The summed E-state index contributed by atoms with van der Waals surface area (Å²) >= 11 is 1.29. The van der Waals surface area contributed by atoms with Crippen LogP contribution in [0.15, 0.2) is 90.4 Å². The monoisotopic (exact) mass is 482 g/mol. The number of benzene rings is 3. The second-order valence-electron chi connectivity index (χ2n) is 8.12. The lowest BCUT2D eigenvalue weighted by molar-refractivity contribution is -0.144. The van der Waals surface area contributed by atoms with Gasteiger partial charge in [0.25, 0.3) is 5.91 Å². The molecule has 0 aliphatic rings. The van der Waals surface area contributed by atoms with Crippen molar-refractivity contribution in [3.8, 4) is 0 Å². The van der Waals surface area contributed by atoms with Crippen LogP contribution in [0.5, 0.6) is 0 Å². The average molecular weight is 483 g/mol. The van der Waals surface area contributed by atoms with Gasteiger partial charge in [-0.2, -0.15) is 0 Å². The van der Waals surface area contributed by atoms with Crippen LogP contribution in [0.4, 0.5) is 0 Å². The van der Waals surface area contributed by atoms with Gasteiger partial charge < -0.3 is 15.0 Å². The van der Waals surface area contributed by atoms with Crippen molar-refractivity contribution < 1.29 is 19.1 Å². The smallest absolute Gasteiger partial charge is 0.329 e. The van der Waals surface area contributed by atoms with E-state index in [1.165, 1.54) is 11.3 Å². The van der Waals surface area contributed by atoms with Crippen molar-refractivity contribution in [2.24, 2.45) is 0 Å². The molecule has 3 aromatic carbocycles.